The first-order valence-corrected chi connectivity index (χ1v) is 7.11. The highest BCUT2D eigenvalue weighted by atomic mass is 16.2. The van der Waals surface area contributed by atoms with Crippen LogP contribution in [0.15, 0.2) is 0 Å². The summed E-state index contributed by atoms with van der Waals surface area (Å²) >= 11 is 0. The zero-order chi connectivity index (χ0) is 14.2. The van der Waals surface area contributed by atoms with E-state index in [9.17, 15) is 4.79 Å². The molecule has 0 spiro atoms. The molecule has 0 radical (unpaired) electrons. The van der Waals surface area contributed by atoms with E-state index in [0.29, 0.717) is 6.54 Å². The average molecular weight is 257 g/mol. The van der Waals surface area contributed by atoms with Gasteiger partial charge in [0, 0.05) is 26.2 Å². The first kappa shape index (κ1) is 17.4. The van der Waals surface area contributed by atoms with Crippen LogP contribution < -0.4 is 5.73 Å². The fourth-order valence-corrected chi connectivity index (χ4v) is 2.17. The third kappa shape index (κ3) is 4.58. The van der Waals surface area contributed by atoms with E-state index in [-0.39, 0.29) is 11.3 Å². The van der Waals surface area contributed by atoms with Gasteiger partial charge in [0.15, 0.2) is 0 Å². The summed E-state index contributed by atoms with van der Waals surface area (Å²) in [6, 6.07) is 0. The van der Waals surface area contributed by atoms with Crippen LogP contribution in [-0.2, 0) is 4.79 Å². The molecule has 0 saturated heterocycles. The topological polar surface area (TPSA) is 49.6 Å². The summed E-state index contributed by atoms with van der Waals surface area (Å²) in [6.45, 7) is 9.20. The maximum absolute atomic E-state index is 12.7. The number of nitrogens with zero attached hydrogens (tertiary/aromatic N) is 2. The summed E-state index contributed by atoms with van der Waals surface area (Å²) in [5, 5.41) is 0. The third-order valence-corrected chi connectivity index (χ3v) is 3.80. The molecule has 0 aliphatic rings. The van der Waals surface area contributed by atoms with Crippen molar-refractivity contribution in [1.82, 2.24) is 9.80 Å². The van der Waals surface area contributed by atoms with Gasteiger partial charge in [-0.05, 0) is 33.4 Å². The third-order valence-electron chi connectivity index (χ3n) is 3.80. The fraction of sp³-hybridized carbons (Fsp3) is 0.929. The second-order valence-corrected chi connectivity index (χ2v) is 5.29. The van der Waals surface area contributed by atoms with Crippen LogP contribution in [0.5, 0.6) is 0 Å². The molecule has 0 aliphatic carbocycles. The van der Waals surface area contributed by atoms with Crippen LogP contribution in [0.25, 0.3) is 0 Å². The molecular weight excluding hydrogens is 226 g/mol. The van der Waals surface area contributed by atoms with Gasteiger partial charge in [0.1, 0.15) is 0 Å². The molecule has 0 aromatic carbocycles. The van der Waals surface area contributed by atoms with Crippen molar-refractivity contribution in [3.63, 3.8) is 0 Å². The van der Waals surface area contributed by atoms with Crippen LogP contribution in [0, 0.1) is 5.41 Å². The summed E-state index contributed by atoms with van der Waals surface area (Å²) in [4.78, 5) is 16.8. The number of hydrogen-bond donors (Lipinski definition) is 1. The second kappa shape index (κ2) is 8.48. The highest BCUT2D eigenvalue weighted by Crippen LogP contribution is 2.27. The van der Waals surface area contributed by atoms with Crippen LogP contribution >= 0.6 is 0 Å². The van der Waals surface area contributed by atoms with E-state index in [1.165, 1.54) is 0 Å². The number of likely N-dealkylation sites (N-methyl/N-ethyl adjacent to an activating group) is 1. The summed E-state index contributed by atoms with van der Waals surface area (Å²) < 4.78 is 0. The Kier molecular flexibility index (Phi) is 8.20. The first-order valence-electron chi connectivity index (χ1n) is 7.11. The molecule has 0 heterocycles. The monoisotopic (exact) mass is 257 g/mol. The van der Waals surface area contributed by atoms with Gasteiger partial charge in [-0.25, -0.2) is 0 Å². The Morgan fingerprint density at radius 2 is 1.61 bits per heavy atom. The van der Waals surface area contributed by atoms with E-state index in [1.807, 2.05) is 19.0 Å². The number of nitrogens with two attached hydrogens (primary N) is 1. The van der Waals surface area contributed by atoms with Gasteiger partial charge in [0.05, 0.1) is 5.41 Å². The average Bonchev–Trinajstić information content (AvgIpc) is 2.36. The van der Waals surface area contributed by atoms with Crippen LogP contribution in [0.1, 0.15) is 40.0 Å². The predicted molar refractivity (Wildman–Crippen MR) is 77.5 cm³/mol. The van der Waals surface area contributed by atoms with Crippen molar-refractivity contribution >= 4 is 5.91 Å². The minimum atomic E-state index is -0.360. The second-order valence-electron chi connectivity index (χ2n) is 5.29. The molecule has 0 aromatic rings. The Labute approximate surface area is 113 Å². The molecule has 0 fully saturated rings. The lowest BCUT2D eigenvalue weighted by Gasteiger charge is -2.35. The molecule has 4 heteroatoms. The molecule has 0 aliphatic heterocycles. The van der Waals surface area contributed by atoms with Crippen molar-refractivity contribution in [1.29, 1.82) is 0 Å². The summed E-state index contributed by atoms with van der Waals surface area (Å²) in [5.74, 6) is 0.235. The predicted octanol–water partition coefficient (Wildman–Crippen LogP) is 1.55. The van der Waals surface area contributed by atoms with Crippen molar-refractivity contribution in [2.45, 2.75) is 40.0 Å². The van der Waals surface area contributed by atoms with E-state index in [4.69, 9.17) is 5.73 Å². The fourth-order valence-electron chi connectivity index (χ4n) is 2.17. The number of amides is 1. The van der Waals surface area contributed by atoms with Gasteiger partial charge < -0.3 is 15.5 Å². The minimum Gasteiger partial charge on any atom is -0.341 e. The lowest BCUT2D eigenvalue weighted by Crippen LogP contribution is -2.49. The summed E-state index contributed by atoms with van der Waals surface area (Å²) in [6.07, 6.45) is 2.63. The molecular formula is C14H31N3O. The summed E-state index contributed by atoms with van der Waals surface area (Å²) in [7, 11) is 4.06. The first-order chi connectivity index (χ1) is 8.47. The van der Waals surface area contributed by atoms with Gasteiger partial charge in [-0.2, -0.15) is 0 Å². The van der Waals surface area contributed by atoms with Crippen LogP contribution in [0.4, 0.5) is 0 Å². The van der Waals surface area contributed by atoms with Gasteiger partial charge in [-0.3, -0.25) is 4.79 Å². The molecule has 0 saturated carbocycles. The van der Waals surface area contributed by atoms with Crippen molar-refractivity contribution in [2.24, 2.45) is 11.1 Å². The van der Waals surface area contributed by atoms with Crippen molar-refractivity contribution < 1.29 is 4.79 Å². The van der Waals surface area contributed by atoms with Gasteiger partial charge in [0.25, 0.3) is 0 Å². The SMILES string of the molecule is CCCN(CCN(C)C)C(=O)C(CC)(CC)CN. The molecule has 108 valence electrons. The van der Waals surface area contributed by atoms with Gasteiger partial charge >= 0.3 is 0 Å². The lowest BCUT2D eigenvalue weighted by molar-refractivity contribution is -0.142. The van der Waals surface area contributed by atoms with Gasteiger partial charge in [-0.1, -0.05) is 20.8 Å². The van der Waals surface area contributed by atoms with Crippen molar-refractivity contribution in [2.75, 3.05) is 40.3 Å². The number of carbonyl (C=O) groups is 1. The standard InChI is InChI=1S/C14H31N3O/c1-6-9-17(11-10-16(4)5)13(18)14(7-2,8-3)12-15/h6-12,15H2,1-5H3. The Bertz CT molecular complexity index is 229. The van der Waals surface area contributed by atoms with Crippen LogP contribution in [0.3, 0.4) is 0 Å². The van der Waals surface area contributed by atoms with E-state index in [1.54, 1.807) is 0 Å². The zero-order valence-electron chi connectivity index (χ0n) is 12.8. The van der Waals surface area contributed by atoms with Crippen molar-refractivity contribution in [3.8, 4) is 0 Å². The zero-order valence-corrected chi connectivity index (χ0v) is 12.8. The molecule has 4 nitrogen and oxygen atoms in total. The largest absolute Gasteiger partial charge is 0.341 e. The molecule has 0 bridgehead atoms. The number of carbonyl (C=O) groups excluding carboxylic acids is 1. The molecule has 1 amide bonds. The van der Waals surface area contributed by atoms with Crippen LogP contribution in [0.2, 0.25) is 0 Å². The Hall–Kier alpha value is -0.610. The Morgan fingerprint density at radius 1 is 1.06 bits per heavy atom. The van der Waals surface area contributed by atoms with E-state index >= 15 is 0 Å². The Balaban J connectivity index is 4.81. The normalized spacial score (nSPS) is 11.9. The van der Waals surface area contributed by atoms with Crippen LogP contribution in [-0.4, -0.2) is 56.0 Å². The molecule has 0 atom stereocenters. The highest BCUT2D eigenvalue weighted by Gasteiger charge is 2.36. The smallest absolute Gasteiger partial charge is 0.230 e. The molecule has 0 aromatic heterocycles. The number of rotatable bonds is 9. The van der Waals surface area contributed by atoms with Gasteiger partial charge in [-0.15, -0.1) is 0 Å². The van der Waals surface area contributed by atoms with E-state index < -0.39 is 0 Å². The quantitative estimate of drug-likeness (QED) is 0.682. The maximum Gasteiger partial charge on any atom is 0.230 e. The summed E-state index contributed by atoms with van der Waals surface area (Å²) in [5.41, 5.74) is 5.50. The molecule has 0 unspecified atom stereocenters. The van der Waals surface area contributed by atoms with Crippen molar-refractivity contribution in [3.05, 3.63) is 0 Å². The van der Waals surface area contributed by atoms with E-state index in [2.05, 4.69) is 25.7 Å². The lowest BCUT2D eigenvalue weighted by atomic mass is 9.81. The highest BCUT2D eigenvalue weighted by molar-refractivity contribution is 5.83. The minimum absolute atomic E-state index is 0.235. The molecule has 2 N–H and O–H groups in total. The van der Waals surface area contributed by atoms with E-state index in [0.717, 1.165) is 38.9 Å². The maximum atomic E-state index is 12.7. The van der Waals surface area contributed by atoms with Gasteiger partial charge in [0.2, 0.25) is 5.91 Å². The number of hydrogen-bond acceptors (Lipinski definition) is 3. The molecule has 0 rings (SSSR count). The Morgan fingerprint density at radius 3 is 1.94 bits per heavy atom. The molecule has 18 heavy (non-hydrogen) atoms.